The van der Waals surface area contributed by atoms with Gasteiger partial charge in [0.05, 0.1) is 12.2 Å². The van der Waals surface area contributed by atoms with Gasteiger partial charge in [-0.2, -0.15) is 4.98 Å². The standard InChI is InChI=1S/C19H20F2N6O2/c1-11(2)17-22-18(29-24-17)16-10-27(25-23-16)13-4-3-7-26(9-13)19(28)12-5-6-14(20)15(21)8-12/h5-6,8,10-11,13H,3-4,7,9H2,1-2H3/t13-/m0/s1. The lowest BCUT2D eigenvalue weighted by molar-refractivity contribution is 0.0671. The Morgan fingerprint density at radius 1 is 1.28 bits per heavy atom. The van der Waals surface area contributed by atoms with Gasteiger partial charge in [0.1, 0.15) is 0 Å². The quantitative estimate of drug-likeness (QED) is 0.666. The van der Waals surface area contributed by atoms with E-state index in [4.69, 9.17) is 4.52 Å². The van der Waals surface area contributed by atoms with Gasteiger partial charge < -0.3 is 9.42 Å². The lowest BCUT2D eigenvalue weighted by Crippen LogP contribution is -2.40. The second-order valence-corrected chi connectivity index (χ2v) is 7.37. The number of hydrogen-bond donors (Lipinski definition) is 0. The van der Waals surface area contributed by atoms with Gasteiger partial charge in [-0.15, -0.1) is 5.10 Å². The Hall–Kier alpha value is -3.17. The number of rotatable bonds is 4. The van der Waals surface area contributed by atoms with E-state index in [-0.39, 0.29) is 23.4 Å². The summed E-state index contributed by atoms with van der Waals surface area (Å²) in [6.07, 6.45) is 3.28. The number of benzene rings is 1. The van der Waals surface area contributed by atoms with Gasteiger partial charge >= 0.3 is 0 Å². The predicted octanol–water partition coefficient (Wildman–Crippen LogP) is 3.21. The maximum Gasteiger partial charge on any atom is 0.280 e. The number of piperidine rings is 1. The van der Waals surface area contributed by atoms with Crippen molar-refractivity contribution in [2.75, 3.05) is 13.1 Å². The van der Waals surface area contributed by atoms with Crippen molar-refractivity contribution in [1.82, 2.24) is 30.0 Å². The molecular weight excluding hydrogens is 382 g/mol. The number of carbonyl (C=O) groups is 1. The van der Waals surface area contributed by atoms with Crippen LogP contribution in [0.5, 0.6) is 0 Å². The number of hydrogen-bond acceptors (Lipinski definition) is 6. The maximum absolute atomic E-state index is 13.5. The van der Waals surface area contributed by atoms with Crippen LogP contribution in [0.1, 0.15) is 54.8 Å². The number of halogens is 2. The molecule has 3 aromatic rings. The summed E-state index contributed by atoms with van der Waals surface area (Å²) < 4.78 is 33.5. The molecule has 0 N–H and O–H groups in total. The zero-order chi connectivity index (χ0) is 20.5. The summed E-state index contributed by atoms with van der Waals surface area (Å²) >= 11 is 0. The van der Waals surface area contributed by atoms with Crippen LogP contribution in [0.25, 0.3) is 11.6 Å². The first-order valence-electron chi connectivity index (χ1n) is 9.42. The van der Waals surface area contributed by atoms with Crippen LogP contribution in [0.2, 0.25) is 0 Å². The van der Waals surface area contributed by atoms with Crippen molar-refractivity contribution >= 4 is 5.91 Å². The molecule has 0 radical (unpaired) electrons. The fraction of sp³-hybridized carbons (Fsp3) is 0.421. The van der Waals surface area contributed by atoms with E-state index in [0.717, 1.165) is 25.0 Å². The van der Waals surface area contributed by atoms with E-state index in [1.807, 2.05) is 13.8 Å². The highest BCUT2D eigenvalue weighted by Gasteiger charge is 2.27. The molecule has 4 rings (SSSR count). The minimum atomic E-state index is -1.04. The Balaban J connectivity index is 1.49. The molecule has 1 fully saturated rings. The van der Waals surface area contributed by atoms with E-state index in [9.17, 15) is 13.6 Å². The first kappa shape index (κ1) is 19.2. The molecule has 0 unspecified atom stereocenters. The molecule has 3 heterocycles. The molecule has 1 amide bonds. The van der Waals surface area contributed by atoms with Gasteiger partial charge in [0.2, 0.25) is 0 Å². The molecule has 1 atom stereocenters. The zero-order valence-corrected chi connectivity index (χ0v) is 16.0. The molecule has 1 aromatic carbocycles. The number of nitrogens with zero attached hydrogens (tertiary/aromatic N) is 6. The normalized spacial score (nSPS) is 17.1. The van der Waals surface area contributed by atoms with Crippen LogP contribution in [0.3, 0.4) is 0 Å². The van der Waals surface area contributed by atoms with Crippen LogP contribution in [0.15, 0.2) is 28.9 Å². The summed E-state index contributed by atoms with van der Waals surface area (Å²) in [7, 11) is 0. The average molecular weight is 402 g/mol. The summed E-state index contributed by atoms with van der Waals surface area (Å²) in [5.74, 6) is -1.33. The van der Waals surface area contributed by atoms with Gasteiger partial charge in [-0.25, -0.2) is 13.5 Å². The molecule has 1 saturated heterocycles. The van der Waals surface area contributed by atoms with Crippen LogP contribution in [0.4, 0.5) is 8.78 Å². The Bertz CT molecular complexity index is 1030. The molecule has 2 aromatic heterocycles. The highest BCUT2D eigenvalue weighted by Crippen LogP contribution is 2.25. The first-order valence-corrected chi connectivity index (χ1v) is 9.42. The van der Waals surface area contributed by atoms with Crippen molar-refractivity contribution in [3.05, 3.63) is 47.4 Å². The van der Waals surface area contributed by atoms with E-state index in [2.05, 4.69) is 20.5 Å². The Kier molecular flexibility index (Phi) is 5.08. The van der Waals surface area contributed by atoms with E-state index < -0.39 is 11.6 Å². The highest BCUT2D eigenvalue weighted by atomic mass is 19.2. The molecule has 0 saturated carbocycles. The molecule has 29 heavy (non-hydrogen) atoms. The van der Waals surface area contributed by atoms with Gasteiger partial charge in [-0.3, -0.25) is 4.79 Å². The molecule has 10 heteroatoms. The van der Waals surface area contributed by atoms with Crippen LogP contribution < -0.4 is 0 Å². The lowest BCUT2D eigenvalue weighted by Gasteiger charge is -2.32. The second kappa shape index (κ2) is 7.69. The van der Waals surface area contributed by atoms with Crippen molar-refractivity contribution in [3.63, 3.8) is 0 Å². The van der Waals surface area contributed by atoms with Crippen LogP contribution in [-0.2, 0) is 0 Å². The second-order valence-electron chi connectivity index (χ2n) is 7.37. The van der Waals surface area contributed by atoms with Crippen LogP contribution in [0, 0.1) is 11.6 Å². The molecular formula is C19H20F2N6O2. The first-order chi connectivity index (χ1) is 13.9. The molecule has 0 aliphatic carbocycles. The van der Waals surface area contributed by atoms with Gasteiger partial charge in [0, 0.05) is 24.6 Å². The topological polar surface area (TPSA) is 89.9 Å². The third-order valence-electron chi connectivity index (χ3n) is 4.91. The predicted molar refractivity (Wildman–Crippen MR) is 97.9 cm³/mol. The fourth-order valence-electron chi connectivity index (χ4n) is 3.29. The van der Waals surface area contributed by atoms with E-state index in [0.29, 0.717) is 30.5 Å². The largest absolute Gasteiger partial charge is 0.336 e. The molecule has 1 aliphatic heterocycles. The fourth-order valence-corrected chi connectivity index (χ4v) is 3.29. The average Bonchev–Trinajstić information content (AvgIpc) is 3.39. The van der Waals surface area contributed by atoms with Gasteiger partial charge in [-0.1, -0.05) is 24.2 Å². The summed E-state index contributed by atoms with van der Waals surface area (Å²) in [6, 6.07) is 3.09. The van der Waals surface area contributed by atoms with Crippen LogP contribution in [-0.4, -0.2) is 49.0 Å². The van der Waals surface area contributed by atoms with Gasteiger partial charge in [0.15, 0.2) is 23.2 Å². The van der Waals surface area contributed by atoms with E-state index in [1.54, 1.807) is 15.8 Å². The number of amides is 1. The zero-order valence-electron chi connectivity index (χ0n) is 16.0. The minimum Gasteiger partial charge on any atom is -0.336 e. The summed E-state index contributed by atoms with van der Waals surface area (Å²) in [5.41, 5.74) is 0.587. The Morgan fingerprint density at radius 3 is 2.83 bits per heavy atom. The number of aromatic nitrogens is 5. The Labute approximate surface area is 165 Å². The van der Waals surface area contributed by atoms with Crippen molar-refractivity contribution in [3.8, 4) is 11.6 Å². The van der Waals surface area contributed by atoms with E-state index in [1.165, 1.54) is 6.07 Å². The molecule has 1 aliphatic rings. The van der Waals surface area contributed by atoms with Crippen molar-refractivity contribution in [2.24, 2.45) is 0 Å². The number of carbonyl (C=O) groups excluding carboxylic acids is 1. The maximum atomic E-state index is 13.5. The van der Waals surface area contributed by atoms with Crippen molar-refractivity contribution in [2.45, 2.75) is 38.6 Å². The molecule has 152 valence electrons. The van der Waals surface area contributed by atoms with Crippen LogP contribution >= 0.6 is 0 Å². The summed E-state index contributed by atoms with van der Waals surface area (Å²) in [4.78, 5) is 18.6. The summed E-state index contributed by atoms with van der Waals surface area (Å²) in [5, 5.41) is 12.2. The molecule has 0 spiro atoms. The third-order valence-corrected chi connectivity index (χ3v) is 4.91. The van der Waals surface area contributed by atoms with Crippen molar-refractivity contribution < 1.29 is 18.1 Å². The monoisotopic (exact) mass is 402 g/mol. The lowest BCUT2D eigenvalue weighted by atomic mass is 10.0. The molecule has 8 nitrogen and oxygen atoms in total. The third kappa shape index (κ3) is 3.87. The van der Waals surface area contributed by atoms with Gasteiger partial charge in [0.25, 0.3) is 11.8 Å². The smallest absolute Gasteiger partial charge is 0.280 e. The van der Waals surface area contributed by atoms with E-state index >= 15 is 0 Å². The van der Waals surface area contributed by atoms with Crippen molar-refractivity contribution in [1.29, 1.82) is 0 Å². The SMILES string of the molecule is CC(C)c1noc(-c2cn([C@H]3CCCN(C(=O)c4ccc(F)c(F)c4)C3)nn2)n1. The molecule has 0 bridgehead atoms. The highest BCUT2D eigenvalue weighted by molar-refractivity contribution is 5.94. The number of likely N-dealkylation sites (tertiary alicyclic amines) is 1. The summed E-state index contributed by atoms with van der Waals surface area (Å²) in [6.45, 7) is 4.86. The Morgan fingerprint density at radius 2 is 2.10 bits per heavy atom. The minimum absolute atomic E-state index is 0.0910. The van der Waals surface area contributed by atoms with Gasteiger partial charge in [-0.05, 0) is 31.0 Å².